The Balaban J connectivity index is 1.67. The number of hydrogen-bond donors (Lipinski definition) is 2. The molecule has 0 spiro atoms. The zero-order valence-electron chi connectivity index (χ0n) is 15.9. The monoisotopic (exact) mass is 377 g/mol. The summed E-state index contributed by atoms with van der Waals surface area (Å²) in [4.78, 5) is 24.2. The Kier molecular flexibility index (Phi) is 5.89. The number of benzene rings is 2. The summed E-state index contributed by atoms with van der Waals surface area (Å²) in [7, 11) is 1.83. The van der Waals surface area contributed by atoms with Gasteiger partial charge in [-0.15, -0.1) is 0 Å². The highest BCUT2D eigenvalue weighted by molar-refractivity contribution is 5.95. The third-order valence-corrected chi connectivity index (χ3v) is 4.59. The highest BCUT2D eigenvalue weighted by Crippen LogP contribution is 2.19. The molecule has 6 heteroatoms. The van der Waals surface area contributed by atoms with Crippen molar-refractivity contribution in [1.29, 1.82) is 0 Å². The summed E-state index contributed by atoms with van der Waals surface area (Å²) in [5.41, 5.74) is 4.31. The first-order valence-corrected chi connectivity index (χ1v) is 9.08. The van der Waals surface area contributed by atoms with Crippen LogP contribution in [-0.2, 0) is 18.3 Å². The lowest BCUT2D eigenvalue weighted by Gasteiger charge is -2.14. The molecule has 3 aromatic rings. The van der Waals surface area contributed by atoms with Gasteiger partial charge >= 0.3 is 5.97 Å². The highest BCUT2D eigenvalue weighted by Gasteiger charge is 2.19. The van der Waals surface area contributed by atoms with Gasteiger partial charge in [0, 0.05) is 30.9 Å². The number of carboxylic acids is 1. The fraction of sp³-hybridized carbons (Fsp3) is 0.227. The number of aromatic nitrogens is 2. The van der Waals surface area contributed by atoms with Crippen LogP contribution in [0.1, 0.15) is 21.5 Å². The maximum atomic E-state index is 12.5. The molecule has 3 rings (SSSR count). The lowest BCUT2D eigenvalue weighted by Crippen LogP contribution is -2.34. The molecule has 2 N–H and O–H groups in total. The van der Waals surface area contributed by atoms with E-state index in [-0.39, 0.29) is 12.5 Å². The van der Waals surface area contributed by atoms with E-state index in [0.29, 0.717) is 12.0 Å². The average Bonchev–Trinajstić information content (AvgIpc) is 3.11. The molecule has 2 aromatic carbocycles. The second-order valence-corrected chi connectivity index (χ2v) is 6.92. The number of amides is 1. The van der Waals surface area contributed by atoms with Gasteiger partial charge in [0.2, 0.25) is 0 Å². The summed E-state index contributed by atoms with van der Waals surface area (Å²) in [6, 6.07) is 15.0. The number of nitrogens with one attached hydrogen (secondary N) is 1. The van der Waals surface area contributed by atoms with E-state index in [1.54, 1.807) is 29.1 Å². The fourth-order valence-corrected chi connectivity index (χ4v) is 3.10. The van der Waals surface area contributed by atoms with Crippen molar-refractivity contribution in [3.63, 3.8) is 0 Å². The van der Waals surface area contributed by atoms with Gasteiger partial charge in [-0.25, -0.2) is 0 Å². The molecule has 1 aromatic heterocycles. The maximum absolute atomic E-state index is 12.5. The summed E-state index contributed by atoms with van der Waals surface area (Å²) in [5.74, 6) is -1.90. The molecule has 0 fully saturated rings. The number of carboxylic acid groups (broad SMARTS) is 1. The first-order valence-electron chi connectivity index (χ1n) is 9.08. The van der Waals surface area contributed by atoms with Crippen molar-refractivity contribution in [2.45, 2.75) is 13.3 Å². The number of carbonyl (C=O) groups is 2. The minimum Gasteiger partial charge on any atom is -0.481 e. The highest BCUT2D eigenvalue weighted by atomic mass is 16.4. The van der Waals surface area contributed by atoms with Crippen LogP contribution in [0.25, 0.3) is 11.1 Å². The largest absolute Gasteiger partial charge is 0.481 e. The van der Waals surface area contributed by atoms with Gasteiger partial charge in [-0.1, -0.05) is 42.0 Å². The van der Waals surface area contributed by atoms with Gasteiger partial charge in [0.25, 0.3) is 5.91 Å². The van der Waals surface area contributed by atoms with Crippen LogP contribution in [0.5, 0.6) is 0 Å². The smallest absolute Gasteiger partial charge is 0.308 e. The van der Waals surface area contributed by atoms with Gasteiger partial charge in [-0.05, 0) is 36.6 Å². The summed E-state index contributed by atoms with van der Waals surface area (Å²) in [5, 5.41) is 16.4. The molecular weight excluding hydrogens is 354 g/mol. The first-order chi connectivity index (χ1) is 13.4. The number of carbonyl (C=O) groups excluding carboxylic acids is 1. The van der Waals surface area contributed by atoms with Crippen LogP contribution in [-0.4, -0.2) is 33.3 Å². The quantitative estimate of drug-likeness (QED) is 0.663. The van der Waals surface area contributed by atoms with E-state index in [2.05, 4.69) is 10.4 Å². The van der Waals surface area contributed by atoms with Crippen LogP contribution in [0.2, 0.25) is 0 Å². The second-order valence-electron chi connectivity index (χ2n) is 6.92. The van der Waals surface area contributed by atoms with Gasteiger partial charge in [0.1, 0.15) is 0 Å². The van der Waals surface area contributed by atoms with Crippen molar-refractivity contribution in [3.8, 4) is 11.1 Å². The summed E-state index contributed by atoms with van der Waals surface area (Å²) >= 11 is 0. The van der Waals surface area contributed by atoms with Crippen LogP contribution >= 0.6 is 0 Å². The van der Waals surface area contributed by atoms with E-state index in [1.165, 1.54) is 0 Å². The van der Waals surface area contributed by atoms with Gasteiger partial charge in [0.05, 0.1) is 12.1 Å². The Morgan fingerprint density at radius 1 is 1.14 bits per heavy atom. The Morgan fingerprint density at radius 2 is 1.93 bits per heavy atom. The Labute approximate surface area is 163 Å². The average molecular weight is 377 g/mol. The number of aliphatic carboxylic acids is 1. The second kappa shape index (κ2) is 8.52. The third-order valence-electron chi connectivity index (χ3n) is 4.59. The van der Waals surface area contributed by atoms with Crippen LogP contribution in [0, 0.1) is 12.8 Å². The molecule has 1 heterocycles. The topological polar surface area (TPSA) is 84.2 Å². The number of aryl methyl sites for hydroxylation is 2. The molecule has 6 nitrogen and oxygen atoms in total. The summed E-state index contributed by atoms with van der Waals surface area (Å²) < 4.78 is 1.70. The molecule has 0 aliphatic carbocycles. The molecule has 1 atom stereocenters. The summed E-state index contributed by atoms with van der Waals surface area (Å²) in [6.07, 6.45) is 3.98. The van der Waals surface area contributed by atoms with Crippen LogP contribution in [0.4, 0.5) is 0 Å². The molecule has 0 saturated heterocycles. The lowest BCUT2D eigenvalue weighted by molar-refractivity contribution is -0.141. The van der Waals surface area contributed by atoms with E-state index in [1.807, 2.05) is 50.5 Å². The van der Waals surface area contributed by atoms with Crippen molar-refractivity contribution < 1.29 is 14.7 Å². The zero-order valence-corrected chi connectivity index (χ0v) is 15.9. The molecule has 0 bridgehead atoms. The van der Waals surface area contributed by atoms with E-state index < -0.39 is 11.9 Å². The normalized spacial score (nSPS) is 11.8. The molecule has 1 amide bonds. The number of rotatable bonds is 7. The van der Waals surface area contributed by atoms with Crippen molar-refractivity contribution >= 4 is 11.9 Å². The molecule has 0 aliphatic heterocycles. The predicted molar refractivity (Wildman–Crippen MR) is 107 cm³/mol. The summed E-state index contributed by atoms with van der Waals surface area (Å²) in [6.45, 7) is 2.04. The van der Waals surface area contributed by atoms with Crippen molar-refractivity contribution in [3.05, 3.63) is 77.6 Å². The first kappa shape index (κ1) is 19.4. The standard InChI is InChI=1S/C22H23N3O3/c1-15-5-3-6-16(9-15)10-19(22(27)28)12-23-21(26)18-8-4-7-17(11-18)20-13-24-25(2)14-20/h3-9,11,13-14,19H,10,12H2,1-2H3,(H,23,26)(H,27,28). The zero-order chi connectivity index (χ0) is 20.1. The van der Waals surface area contributed by atoms with Crippen molar-refractivity contribution in [2.75, 3.05) is 6.54 Å². The van der Waals surface area contributed by atoms with Gasteiger partial charge in [-0.2, -0.15) is 5.10 Å². The molecular formula is C22H23N3O3. The van der Waals surface area contributed by atoms with Crippen molar-refractivity contribution in [2.24, 2.45) is 13.0 Å². The van der Waals surface area contributed by atoms with Crippen LogP contribution in [0.3, 0.4) is 0 Å². The predicted octanol–water partition coefficient (Wildman–Crippen LogP) is 3.07. The van der Waals surface area contributed by atoms with Crippen molar-refractivity contribution in [1.82, 2.24) is 15.1 Å². The SMILES string of the molecule is Cc1cccc(CC(CNC(=O)c2cccc(-c3cnn(C)c3)c2)C(=O)O)c1. The maximum Gasteiger partial charge on any atom is 0.308 e. The van der Waals surface area contributed by atoms with Gasteiger partial charge in [0.15, 0.2) is 0 Å². The van der Waals surface area contributed by atoms with E-state index in [4.69, 9.17) is 0 Å². The fourth-order valence-electron chi connectivity index (χ4n) is 3.10. The molecule has 28 heavy (non-hydrogen) atoms. The minimum absolute atomic E-state index is 0.0687. The van der Waals surface area contributed by atoms with Gasteiger partial charge in [-0.3, -0.25) is 14.3 Å². The minimum atomic E-state index is -0.925. The molecule has 0 radical (unpaired) electrons. The number of hydrogen-bond acceptors (Lipinski definition) is 3. The Hall–Kier alpha value is -3.41. The Morgan fingerprint density at radius 3 is 2.61 bits per heavy atom. The molecule has 144 valence electrons. The third kappa shape index (κ3) is 4.85. The van der Waals surface area contributed by atoms with E-state index in [9.17, 15) is 14.7 Å². The lowest BCUT2D eigenvalue weighted by atomic mass is 9.98. The van der Waals surface area contributed by atoms with Crippen LogP contribution in [0.15, 0.2) is 60.9 Å². The Bertz CT molecular complexity index is 994. The van der Waals surface area contributed by atoms with E-state index in [0.717, 1.165) is 22.3 Å². The molecule has 0 aliphatic rings. The van der Waals surface area contributed by atoms with Gasteiger partial charge < -0.3 is 10.4 Å². The van der Waals surface area contributed by atoms with Crippen LogP contribution < -0.4 is 5.32 Å². The number of nitrogens with zero attached hydrogens (tertiary/aromatic N) is 2. The molecule has 0 saturated carbocycles. The van der Waals surface area contributed by atoms with E-state index >= 15 is 0 Å². The molecule has 1 unspecified atom stereocenters.